The third kappa shape index (κ3) is 3.35. The highest BCUT2D eigenvalue weighted by molar-refractivity contribution is 5.26. The van der Waals surface area contributed by atoms with Crippen LogP contribution in [-0.4, -0.2) is 5.11 Å². The minimum absolute atomic E-state index is 0.667. The van der Waals surface area contributed by atoms with E-state index in [1.807, 2.05) is 6.92 Å². The van der Waals surface area contributed by atoms with Crippen molar-refractivity contribution >= 4 is 0 Å². The third-order valence-electron chi connectivity index (χ3n) is 2.85. The van der Waals surface area contributed by atoms with Crippen LogP contribution in [-0.2, 0) is 12.0 Å². The van der Waals surface area contributed by atoms with Crippen LogP contribution in [0, 0.1) is 0 Å². The van der Waals surface area contributed by atoms with Crippen LogP contribution >= 0.6 is 0 Å². The summed E-state index contributed by atoms with van der Waals surface area (Å²) < 4.78 is 0. The predicted octanol–water partition coefficient (Wildman–Crippen LogP) is 3.65. The van der Waals surface area contributed by atoms with Crippen molar-refractivity contribution in [3.8, 4) is 0 Å². The number of aliphatic hydroxyl groups is 1. The normalized spacial score (nSPS) is 14.9. The fourth-order valence-corrected chi connectivity index (χ4v) is 1.95. The van der Waals surface area contributed by atoms with Crippen LogP contribution in [0.1, 0.15) is 51.2 Å². The van der Waals surface area contributed by atoms with Crippen LogP contribution in [0.2, 0.25) is 0 Å². The quantitative estimate of drug-likeness (QED) is 0.779. The summed E-state index contributed by atoms with van der Waals surface area (Å²) in [5, 5.41) is 10.2. The van der Waals surface area contributed by atoms with E-state index in [0.29, 0.717) is 0 Å². The molecule has 1 aromatic carbocycles. The number of hydrogen-bond donors (Lipinski definition) is 1. The Morgan fingerprint density at radius 3 is 2.13 bits per heavy atom. The minimum Gasteiger partial charge on any atom is -0.385 e. The Balaban J connectivity index is 2.78. The lowest BCUT2D eigenvalue weighted by molar-refractivity contribution is 0.0469. The van der Waals surface area contributed by atoms with E-state index >= 15 is 0 Å². The molecule has 15 heavy (non-hydrogen) atoms. The number of aryl methyl sites for hydroxylation is 1. The molecular formula is C14H22O. The lowest BCUT2D eigenvalue weighted by atomic mass is 9.90. The van der Waals surface area contributed by atoms with Gasteiger partial charge in [0.25, 0.3) is 0 Å². The largest absolute Gasteiger partial charge is 0.385 e. The fraction of sp³-hybridized carbons (Fsp3) is 0.571. The maximum Gasteiger partial charge on any atom is 0.0868 e. The molecule has 1 aromatic rings. The molecule has 0 aromatic heterocycles. The van der Waals surface area contributed by atoms with Gasteiger partial charge in [0.2, 0.25) is 0 Å². The van der Waals surface area contributed by atoms with Crippen LogP contribution in [0.3, 0.4) is 0 Å². The molecule has 84 valence electrons. The zero-order chi connectivity index (χ0) is 11.3. The molecule has 1 atom stereocenters. The summed E-state index contributed by atoms with van der Waals surface area (Å²) in [6.45, 7) is 6.17. The van der Waals surface area contributed by atoms with Gasteiger partial charge in [0.1, 0.15) is 0 Å². The van der Waals surface area contributed by atoms with Crippen LogP contribution in [0.15, 0.2) is 24.3 Å². The van der Waals surface area contributed by atoms with E-state index in [1.165, 1.54) is 12.0 Å². The highest BCUT2D eigenvalue weighted by Gasteiger charge is 2.21. The van der Waals surface area contributed by atoms with Crippen LogP contribution in [0.25, 0.3) is 0 Å². The SMILES string of the molecule is CCCc1ccc(C(C)(O)CCC)cc1. The van der Waals surface area contributed by atoms with Crippen LogP contribution in [0.5, 0.6) is 0 Å². The number of hydrogen-bond acceptors (Lipinski definition) is 1. The Morgan fingerprint density at radius 1 is 1.07 bits per heavy atom. The van der Waals surface area contributed by atoms with E-state index in [1.54, 1.807) is 0 Å². The van der Waals surface area contributed by atoms with Crippen molar-refractivity contribution in [1.82, 2.24) is 0 Å². The lowest BCUT2D eigenvalue weighted by Gasteiger charge is -2.23. The van der Waals surface area contributed by atoms with Crippen LogP contribution in [0.4, 0.5) is 0 Å². The van der Waals surface area contributed by atoms with Crippen molar-refractivity contribution in [2.24, 2.45) is 0 Å². The van der Waals surface area contributed by atoms with Crippen molar-refractivity contribution in [1.29, 1.82) is 0 Å². The molecule has 1 nitrogen and oxygen atoms in total. The molecule has 0 heterocycles. The van der Waals surface area contributed by atoms with Gasteiger partial charge >= 0.3 is 0 Å². The summed E-state index contributed by atoms with van der Waals surface area (Å²) in [6, 6.07) is 8.37. The van der Waals surface area contributed by atoms with Crippen molar-refractivity contribution < 1.29 is 5.11 Å². The molecule has 0 fully saturated rings. The summed E-state index contributed by atoms with van der Waals surface area (Å²) in [5.41, 5.74) is 1.72. The van der Waals surface area contributed by atoms with Crippen molar-refractivity contribution in [3.63, 3.8) is 0 Å². The zero-order valence-electron chi connectivity index (χ0n) is 10.1. The molecule has 0 aliphatic rings. The molecule has 1 unspecified atom stereocenters. The summed E-state index contributed by atoms with van der Waals surface area (Å²) in [5.74, 6) is 0. The molecule has 0 saturated heterocycles. The van der Waals surface area contributed by atoms with Gasteiger partial charge in [-0.3, -0.25) is 0 Å². The number of rotatable bonds is 5. The van der Waals surface area contributed by atoms with Gasteiger partial charge in [0.15, 0.2) is 0 Å². The topological polar surface area (TPSA) is 20.2 Å². The van der Waals surface area contributed by atoms with Gasteiger partial charge in [0.05, 0.1) is 5.60 Å². The summed E-state index contributed by atoms with van der Waals surface area (Å²) in [6.07, 6.45) is 4.12. The Labute approximate surface area is 93.1 Å². The smallest absolute Gasteiger partial charge is 0.0868 e. The van der Waals surface area contributed by atoms with E-state index in [0.717, 1.165) is 24.8 Å². The molecule has 0 saturated carbocycles. The first kappa shape index (κ1) is 12.3. The highest BCUT2D eigenvalue weighted by atomic mass is 16.3. The van der Waals surface area contributed by atoms with Crippen LogP contribution < -0.4 is 0 Å². The Hall–Kier alpha value is -0.820. The second kappa shape index (κ2) is 5.32. The van der Waals surface area contributed by atoms with E-state index in [-0.39, 0.29) is 0 Å². The highest BCUT2D eigenvalue weighted by Crippen LogP contribution is 2.26. The first-order valence-corrected chi connectivity index (χ1v) is 5.92. The van der Waals surface area contributed by atoms with Gasteiger partial charge in [-0.2, -0.15) is 0 Å². The Bertz CT molecular complexity index is 285. The number of benzene rings is 1. The molecule has 0 spiro atoms. The van der Waals surface area contributed by atoms with E-state index in [9.17, 15) is 5.11 Å². The second-order valence-corrected chi connectivity index (χ2v) is 4.47. The van der Waals surface area contributed by atoms with Gasteiger partial charge in [-0.1, -0.05) is 51.0 Å². The van der Waals surface area contributed by atoms with Gasteiger partial charge < -0.3 is 5.11 Å². The molecule has 0 bridgehead atoms. The summed E-state index contributed by atoms with van der Waals surface area (Å²) >= 11 is 0. The predicted molar refractivity (Wildman–Crippen MR) is 64.9 cm³/mol. The third-order valence-corrected chi connectivity index (χ3v) is 2.85. The maximum atomic E-state index is 10.2. The van der Waals surface area contributed by atoms with Gasteiger partial charge in [0, 0.05) is 0 Å². The first-order valence-electron chi connectivity index (χ1n) is 5.92. The molecule has 0 aliphatic heterocycles. The maximum absolute atomic E-state index is 10.2. The monoisotopic (exact) mass is 206 g/mol. The van der Waals surface area contributed by atoms with E-state index < -0.39 is 5.60 Å². The van der Waals surface area contributed by atoms with Crippen molar-refractivity contribution in [2.45, 2.75) is 52.1 Å². The van der Waals surface area contributed by atoms with E-state index in [2.05, 4.69) is 38.1 Å². The first-order chi connectivity index (χ1) is 7.10. The van der Waals surface area contributed by atoms with Crippen molar-refractivity contribution in [2.75, 3.05) is 0 Å². The minimum atomic E-state index is -0.667. The summed E-state index contributed by atoms with van der Waals surface area (Å²) in [7, 11) is 0. The molecule has 1 N–H and O–H groups in total. The average Bonchev–Trinajstić information content (AvgIpc) is 2.19. The Morgan fingerprint density at radius 2 is 1.67 bits per heavy atom. The average molecular weight is 206 g/mol. The Kier molecular flexibility index (Phi) is 4.34. The standard InChI is InChI=1S/C14H22O/c1-4-6-12-7-9-13(10-8-12)14(3,15)11-5-2/h7-10,15H,4-6,11H2,1-3H3. The molecule has 1 rings (SSSR count). The second-order valence-electron chi connectivity index (χ2n) is 4.47. The molecule has 1 heteroatoms. The lowest BCUT2D eigenvalue weighted by Crippen LogP contribution is -2.20. The zero-order valence-corrected chi connectivity index (χ0v) is 10.1. The van der Waals surface area contributed by atoms with Crippen molar-refractivity contribution in [3.05, 3.63) is 35.4 Å². The molecule has 0 aliphatic carbocycles. The summed E-state index contributed by atoms with van der Waals surface area (Å²) in [4.78, 5) is 0. The molecule has 0 radical (unpaired) electrons. The van der Waals surface area contributed by atoms with Gasteiger partial charge in [-0.15, -0.1) is 0 Å². The fourth-order valence-electron chi connectivity index (χ4n) is 1.95. The van der Waals surface area contributed by atoms with Gasteiger partial charge in [-0.25, -0.2) is 0 Å². The molecule has 0 amide bonds. The van der Waals surface area contributed by atoms with E-state index in [4.69, 9.17) is 0 Å². The van der Waals surface area contributed by atoms with Gasteiger partial charge in [-0.05, 0) is 30.9 Å². The molecular weight excluding hydrogens is 184 g/mol.